The van der Waals surface area contributed by atoms with Crippen molar-refractivity contribution < 1.29 is 14.3 Å². The molecule has 0 aliphatic carbocycles. The van der Waals surface area contributed by atoms with Gasteiger partial charge in [-0.2, -0.15) is 0 Å². The Kier molecular flexibility index (Phi) is 7.87. The van der Waals surface area contributed by atoms with Crippen LogP contribution in [0.5, 0.6) is 0 Å². The molecule has 0 bridgehead atoms. The van der Waals surface area contributed by atoms with Crippen LogP contribution in [-0.4, -0.2) is 38.4 Å². The molecule has 0 heterocycles. The summed E-state index contributed by atoms with van der Waals surface area (Å²) in [5.41, 5.74) is 7.01. The Bertz CT molecular complexity index is 384. The van der Waals surface area contributed by atoms with E-state index in [0.717, 1.165) is 5.56 Å². The lowest BCUT2D eigenvalue weighted by Crippen LogP contribution is -2.39. The van der Waals surface area contributed by atoms with Gasteiger partial charge in [-0.1, -0.05) is 30.3 Å². The number of hydrogen-bond donors (Lipinski definition) is 2. The van der Waals surface area contributed by atoms with Crippen LogP contribution >= 0.6 is 0 Å². The molecule has 1 rings (SSSR count). The molecule has 20 heavy (non-hydrogen) atoms. The summed E-state index contributed by atoms with van der Waals surface area (Å²) < 4.78 is 10.5. The van der Waals surface area contributed by atoms with Gasteiger partial charge in [0.2, 0.25) is 5.91 Å². The fourth-order valence-electron chi connectivity index (χ4n) is 1.68. The fraction of sp³-hybridized carbons (Fsp3) is 0.533. The predicted molar refractivity (Wildman–Crippen MR) is 78.3 cm³/mol. The lowest BCUT2D eigenvalue weighted by molar-refractivity contribution is -0.132. The van der Waals surface area contributed by atoms with E-state index in [2.05, 4.69) is 5.32 Å². The molecule has 1 aromatic carbocycles. The molecule has 1 aromatic rings. The van der Waals surface area contributed by atoms with Crippen LogP contribution < -0.4 is 11.1 Å². The molecule has 0 aliphatic rings. The Morgan fingerprint density at radius 2 is 2.00 bits per heavy atom. The second kappa shape index (κ2) is 9.47. The monoisotopic (exact) mass is 280 g/mol. The van der Waals surface area contributed by atoms with Crippen LogP contribution in [0, 0.1) is 0 Å². The van der Waals surface area contributed by atoms with Gasteiger partial charge >= 0.3 is 0 Å². The molecule has 0 fully saturated rings. The van der Waals surface area contributed by atoms with Crippen molar-refractivity contribution in [2.45, 2.75) is 26.0 Å². The van der Waals surface area contributed by atoms with Gasteiger partial charge in [0.25, 0.3) is 0 Å². The van der Waals surface area contributed by atoms with E-state index >= 15 is 0 Å². The maximum Gasteiger partial charge on any atom is 0.248 e. The number of ether oxygens (including phenoxy) is 2. The van der Waals surface area contributed by atoms with E-state index < -0.39 is 6.10 Å². The normalized spacial score (nSPS) is 13.8. The molecule has 0 saturated heterocycles. The number of benzene rings is 1. The van der Waals surface area contributed by atoms with E-state index in [9.17, 15) is 4.79 Å². The molecule has 0 radical (unpaired) electrons. The standard InChI is InChI=1S/C15H24N2O3/c1-3-19-9-10-20-12(2)15(18)17-11-14(16)13-7-5-4-6-8-13/h4-8,12,14H,3,9-11,16H2,1-2H3,(H,17,18). The van der Waals surface area contributed by atoms with Gasteiger partial charge in [0.1, 0.15) is 6.10 Å². The molecule has 1 amide bonds. The van der Waals surface area contributed by atoms with Crippen LogP contribution in [0.15, 0.2) is 30.3 Å². The third-order valence-electron chi connectivity index (χ3n) is 2.89. The molecule has 0 aromatic heterocycles. The Labute approximate surface area is 120 Å². The molecular weight excluding hydrogens is 256 g/mol. The van der Waals surface area contributed by atoms with Crippen LogP contribution in [0.2, 0.25) is 0 Å². The zero-order chi connectivity index (χ0) is 14.8. The van der Waals surface area contributed by atoms with Crippen LogP contribution in [-0.2, 0) is 14.3 Å². The van der Waals surface area contributed by atoms with Gasteiger partial charge in [0.05, 0.1) is 13.2 Å². The zero-order valence-corrected chi connectivity index (χ0v) is 12.2. The summed E-state index contributed by atoms with van der Waals surface area (Å²) in [5.74, 6) is -0.159. The highest BCUT2D eigenvalue weighted by Crippen LogP contribution is 2.07. The number of nitrogens with one attached hydrogen (secondary N) is 1. The van der Waals surface area contributed by atoms with Crippen LogP contribution in [0.3, 0.4) is 0 Å². The first kappa shape index (κ1) is 16.6. The summed E-state index contributed by atoms with van der Waals surface area (Å²) in [4.78, 5) is 11.8. The number of carbonyl (C=O) groups excluding carboxylic acids is 1. The van der Waals surface area contributed by atoms with Gasteiger partial charge in [-0.25, -0.2) is 0 Å². The van der Waals surface area contributed by atoms with E-state index in [0.29, 0.717) is 26.4 Å². The van der Waals surface area contributed by atoms with Crippen molar-refractivity contribution in [3.05, 3.63) is 35.9 Å². The average Bonchev–Trinajstić information content (AvgIpc) is 2.49. The average molecular weight is 280 g/mol. The van der Waals surface area contributed by atoms with Crippen molar-refractivity contribution in [1.29, 1.82) is 0 Å². The quantitative estimate of drug-likeness (QED) is 0.668. The summed E-state index contributed by atoms with van der Waals surface area (Å²) in [6, 6.07) is 9.46. The molecular formula is C15H24N2O3. The molecule has 2 atom stereocenters. The van der Waals surface area contributed by atoms with Gasteiger partial charge < -0.3 is 20.5 Å². The Hall–Kier alpha value is -1.43. The predicted octanol–water partition coefficient (Wildman–Crippen LogP) is 1.24. The summed E-state index contributed by atoms with van der Waals surface area (Å²) in [6.07, 6.45) is -0.501. The molecule has 0 aliphatic heterocycles. The number of amides is 1. The first-order valence-corrected chi connectivity index (χ1v) is 6.92. The second-order valence-corrected chi connectivity index (χ2v) is 4.47. The van der Waals surface area contributed by atoms with Gasteiger partial charge in [0, 0.05) is 19.2 Å². The van der Waals surface area contributed by atoms with Crippen molar-refractivity contribution in [1.82, 2.24) is 5.32 Å². The fourth-order valence-corrected chi connectivity index (χ4v) is 1.68. The first-order chi connectivity index (χ1) is 9.65. The lowest BCUT2D eigenvalue weighted by Gasteiger charge is -2.16. The SMILES string of the molecule is CCOCCOC(C)C(=O)NCC(N)c1ccccc1. The highest BCUT2D eigenvalue weighted by molar-refractivity contribution is 5.80. The zero-order valence-electron chi connectivity index (χ0n) is 12.2. The second-order valence-electron chi connectivity index (χ2n) is 4.47. The number of hydrogen-bond acceptors (Lipinski definition) is 4. The molecule has 3 N–H and O–H groups in total. The van der Waals surface area contributed by atoms with Gasteiger partial charge in [-0.3, -0.25) is 4.79 Å². The number of carbonyl (C=O) groups is 1. The lowest BCUT2D eigenvalue weighted by atomic mass is 10.1. The highest BCUT2D eigenvalue weighted by Gasteiger charge is 2.14. The summed E-state index contributed by atoms with van der Waals surface area (Å²) in [5, 5.41) is 2.79. The minimum Gasteiger partial charge on any atom is -0.379 e. The molecule has 5 nitrogen and oxygen atoms in total. The van der Waals surface area contributed by atoms with Crippen molar-refractivity contribution in [3.8, 4) is 0 Å². The Morgan fingerprint density at radius 1 is 1.30 bits per heavy atom. The smallest absolute Gasteiger partial charge is 0.248 e. The summed E-state index contributed by atoms with van der Waals surface area (Å²) in [6.45, 7) is 5.58. The third kappa shape index (κ3) is 6.14. The van der Waals surface area contributed by atoms with Crippen LogP contribution in [0.25, 0.3) is 0 Å². The molecule has 5 heteroatoms. The number of nitrogens with two attached hydrogens (primary N) is 1. The minimum absolute atomic E-state index is 0.159. The van der Waals surface area contributed by atoms with E-state index in [4.69, 9.17) is 15.2 Å². The first-order valence-electron chi connectivity index (χ1n) is 6.92. The highest BCUT2D eigenvalue weighted by atomic mass is 16.5. The van der Waals surface area contributed by atoms with E-state index in [1.807, 2.05) is 37.3 Å². The summed E-state index contributed by atoms with van der Waals surface area (Å²) in [7, 11) is 0. The van der Waals surface area contributed by atoms with Crippen LogP contribution in [0.4, 0.5) is 0 Å². The Balaban J connectivity index is 2.25. The summed E-state index contributed by atoms with van der Waals surface area (Å²) >= 11 is 0. The minimum atomic E-state index is -0.501. The van der Waals surface area contributed by atoms with Gasteiger partial charge in [-0.05, 0) is 19.4 Å². The topological polar surface area (TPSA) is 73.6 Å². The molecule has 112 valence electrons. The molecule has 2 unspecified atom stereocenters. The van der Waals surface area contributed by atoms with Crippen molar-refractivity contribution >= 4 is 5.91 Å². The molecule has 0 spiro atoms. The van der Waals surface area contributed by atoms with Crippen molar-refractivity contribution in [2.75, 3.05) is 26.4 Å². The van der Waals surface area contributed by atoms with Crippen molar-refractivity contribution in [2.24, 2.45) is 5.73 Å². The molecule has 0 saturated carbocycles. The van der Waals surface area contributed by atoms with E-state index in [-0.39, 0.29) is 11.9 Å². The maximum atomic E-state index is 11.8. The third-order valence-corrected chi connectivity index (χ3v) is 2.89. The van der Waals surface area contributed by atoms with Crippen LogP contribution in [0.1, 0.15) is 25.5 Å². The van der Waals surface area contributed by atoms with Gasteiger partial charge in [-0.15, -0.1) is 0 Å². The maximum absolute atomic E-state index is 11.8. The van der Waals surface area contributed by atoms with E-state index in [1.54, 1.807) is 6.92 Å². The van der Waals surface area contributed by atoms with Gasteiger partial charge in [0.15, 0.2) is 0 Å². The Morgan fingerprint density at radius 3 is 2.65 bits per heavy atom. The number of rotatable bonds is 9. The van der Waals surface area contributed by atoms with E-state index in [1.165, 1.54) is 0 Å². The largest absolute Gasteiger partial charge is 0.379 e. The van der Waals surface area contributed by atoms with Crippen molar-refractivity contribution in [3.63, 3.8) is 0 Å².